The lowest BCUT2D eigenvalue weighted by Crippen LogP contribution is -2.32. The van der Waals surface area contributed by atoms with Crippen LogP contribution in [-0.2, 0) is 17.8 Å². The molecule has 1 fully saturated rings. The van der Waals surface area contributed by atoms with Gasteiger partial charge in [0.15, 0.2) is 5.78 Å². The highest BCUT2D eigenvalue weighted by molar-refractivity contribution is 6.04. The Morgan fingerprint density at radius 3 is 2.54 bits per heavy atom. The molecule has 0 radical (unpaired) electrons. The summed E-state index contributed by atoms with van der Waals surface area (Å²) in [5, 5.41) is 2.73. The Kier molecular flexibility index (Phi) is 5.02. The van der Waals surface area contributed by atoms with Crippen LogP contribution in [0.2, 0.25) is 0 Å². The summed E-state index contributed by atoms with van der Waals surface area (Å²) < 4.78 is 5.30. The maximum Gasteiger partial charge on any atom is 0.325 e. The van der Waals surface area contributed by atoms with Crippen molar-refractivity contribution in [2.45, 2.75) is 25.9 Å². The van der Waals surface area contributed by atoms with Crippen molar-refractivity contribution in [3.63, 3.8) is 0 Å². The summed E-state index contributed by atoms with van der Waals surface area (Å²) in [5.41, 5.74) is 2.10. The third-order valence-electron chi connectivity index (χ3n) is 4.41. The van der Waals surface area contributed by atoms with Gasteiger partial charge in [0.2, 0.25) is 0 Å². The van der Waals surface area contributed by atoms with Gasteiger partial charge in [-0.15, -0.1) is 0 Å². The fraction of sp³-hybridized carbons (Fsp3) is 0.250. The van der Waals surface area contributed by atoms with E-state index in [2.05, 4.69) is 5.32 Å². The highest BCUT2D eigenvalue weighted by Gasteiger charge is 2.38. The minimum Gasteiger partial charge on any atom is -0.496 e. The van der Waals surface area contributed by atoms with Crippen molar-refractivity contribution in [1.29, 1.82) is 0 Å². The fourth-order valence-corrected chi connectivity index (χ4v) is 3.01. The molecular weight excluding hydrogens is 332 g/mol. The van der Waals surface area contributed by atoms with Gasteiger partial charge in [-0.25, -0.2) is 4.79 Å². The number of ketones is 1. The quantitative estimate of drug-likeness (QED) is 0.640. The number of carbonyl (C=O) groups excluding carboxylic acids is 3. The molecule has 1 aliphatic rings. The van der Waals surface area contributed by atoms with Gasteiger partial charge in [-0.05, 0) is 30.7 Å². The van der Waals surface area contributed by atoms with Crippen LogP contribution in [0.5, 0.6) is 5.75 Å². The summed E-state index contributed by atoms with van der Waals surface area (Å²) in [6, 6.07) is 13.5. The molecule has 6 nitrogen and oxygen atoms in total. The largest absolute Gasteiger partial charge is 0.496 e. The molecule has 1 aliphatic heterocycles. The van der Waals surface area contributed by atoms with E-state index in [9.17, 15) is 14.4 Å². The Balaban J connectivity index is 1.80. The van der Waals surface area contributed by atoms with E-state index in [-0.39, 0.29) is 18.2 Å². The number of carbonyl (C=O) groups is 3. The molecular formula is C20H20N2O4. The zero-order valence-electron chi connectivity index (χ0n) is 14.7. The van der Waals surface area contributed by atoms with E-state index in [1.807, 2.05) is 30.3 Å². The van der Waals surface area contributed by atoms with E-state index in [1.165, 1.54) is 14.0 Å². The summed E-state index contributed by atoms with van der Waals surface area (Å²) in [5.74, 6) is 0.157. The van der Waals surface area contributed by atoms with Crippen LogP contribution in [0.1, 0.15) is 28.4 Å². The number of nitrogens with one attached hydrogen (secondary N) is 1. The highest BCUT2D eigenvalue weighted by atomic mass is 16.5. The first-order chi connectivity index (χ1) is 12.5. The number of ether oxygens (including phenoxy) is 1. The van der Waals surface area contributed by atoms with Crippen molar-refractivity contribution in [3.8, 4) is 5.75 Å². The van der Waals surface area contributed by atoms with Gasteiger partial charge >= 0.3 is 6.03 Å². The summed E-state index contributed by atoms with van der Waals surface area (Å²) in [6.07, 6.45) is 0.437. The van der Waals surface area contributed by atoms with Crippen LogP contribution in [0.15, 0.2) is 48.5 Å². The predicted octanol–water partition coefficient (Wildman–Crippen LogP) is 2.56. The maximum absolute atomic E-state index is 12.7. The van der Waals surface area contributed by atoms with E-state index in [4.69, 9.17) is 4.74 Å². The monoisotopic (exact) mass is 352 g/mol. The Labute approximate surface area is 151 Å². The number of imide groups is 1. The molecule has 3 rings (SSSR count). The molecule has 0 spiro atoms. The second-order valence-electron chi connectivity index (χ2n) is 6.20. The lowest BCUT2D eigenvalue weighted by Gasteiger charge is -2.16. The topological polar surface area (TPSA) is 75.7 Å². The summed E-state index contributed by atoms with van der Waals surface area (Å²) in [7, 11) is 1.51. The highest BCUT2D eigenvalue weighted by Crippen LogP contribution is 2.24. The molecule has 26 heavy (non-hydrogen) atoms. The van der Waals surface area contributed by atoms with Gasteiger partial charge in [-0.2, -0.15) is 0 Å². The molecule has 0 saturated carbocycles. The number of hydrogen-bond donors (Lipinski definition) is 1. The molecule has 1 atom stereocenters. The smallest absolute Gasteiger partial charge is 0.325 e. The molecule has 0 bridgehead atoms. The van der Waals surface area contributed by atoms with Crippen LogP contribution in [0.3, 0.4) is 0 Å². The first-order valence-corrected chi connectivity index (χ1v) is 8.33. The van der Waals surface area contributed by atoms with Crippen molar-refractivity contribution in [1.82, 2.24) is 10.2 Å². The van der Waals surface area contributed by atoms with Crippen molar-refractivity contribution in [2.75, 3.05) is 7.11 Å². The number of benzene rings is 2. The summed E-state index contributed by atoms with van der Waals surface area (Å²) in [6.45, 7) is 1.52. The van der Waals surface area contributed by atoms with Gasteiger partial charge in [0.1, 0.15) is 11.8 Å². The molecule has 134 valence electrons. The first-order valence-electron chi connectivity index (χ1n) is 8.33. The predicted molar refractivity (Wildman–Crippen MR) is 96.0 cm³/mol. The van der Waals surface area contributed by atoms with E-state index in [0.29, 0.717) is 23.3 Å². The summed E-state index contributed by atoms with van der Waals surface area (Å²) in [4.78, 5) is 37.8. The Hall–Kier alpha value is -3.15. The zero-order chi connectivity index (χ0) is 18.7. The number of rotatable bonds is 6. The fourth-order valence-electron chi connectivity index (χ4n) is 3.01. The van der Waals surface area contributed by atoms with Crippen LogP contribution in [0, 0.1) is 0 Å². The normalized spacial score (nSPS) is 16.5. The number of nitrogens with zero attached hydrogens (tertiary/aromatic N) is 1. The third kappa shape index (κ3) is 3.59. The van der Waals surface area contributed by atoms with Crippen LogP contribution >= 0.6 is 0 Å². The molecule has 6 heteroatoms. The van der Waals surface area contributed by atoms with Gasteiger partial charge in [0.25, 0.3) is 5.91 Å². The molecule has 2 aromatic rings. The van der Waals surface area contributed by atoms with Crippen LogP contribution in [0.4, 0.5) is 4.79 Å². The minimum absolute atomic E-state index is 0.0558. The molecule has 1 saturated heterocycles. The number of urea groups is 1. The van der Waals surface area contributed by atoms with Crippen molar-refractivity contribution >= 4 is 17.7 Å². The molecule has 0 unspecified atom stereocenters. The number of Topliss-reactive ketones (excluding diaryl/α,β-unsaturated/α-hetero) is 1. The molecule has 2 aromatic carbocycles. The minimum atomic E-state index is -0.591. The number of methoxy groups -OCH3 is 1. The number of amides is 3. The van der Waals surface area contributed by atoms with Gasteiger partial charge in [0.05, 0.1) is 13.7 Å². The van der Waals surface area contributed by atoms with Crippen molar-refractivity contribution in [2.24, 2.45) is 0 Å². The van der Waals surface area contributed by atoms with Gasteiger partial charge in [-0.1, -0.05) is 30.3 Å². The zero-order valence-corrected chi connectivity index (χ0v) is 14.7. The van der Waals surface area contributed by atoms with Crippen LogP contribution in [0.25, 0.3) is 0 Å². The maximum atomic E-state index is 12.7. The molecule has 0 aliphatic carbocycles. The average molecular weight is 352 g/mol. The van der Waals surface area contributed by atoms with Crippen molar-refractivity contribution < 1.29 is 19.1 Å². The Bertz CT molecular complexity index is 848. The molecule has 1 heterocycles. The average Bonchev–Trinajstić information content (AvgIpc) is 2.90. The van der Waals surface area contributed by atoms with Crippen LogP contribution in [-0.4, -0.2) is 35.8 Å². The van der Waals surface area contributed by atoms with Gasteiger partial charge < -0.3 is 10.1 Å². The van der Waals surface area contributed by atoms with E-state index < -0.39 is 12.1 Å². The summed E-state index contributed by atoms with van der Waals surface area (Å²) >= 11 is 0. The third-order valence-corrected chi connectivity index (χ3v) is 4.41. The second kappa shape index (κ2) is 7.39. The van der Waals surface area contributed by atoms with E-state index in [1.54, 1.807) is 18.2 Å². The Morgan fingerprint density at radius 1 is 1.15 bits per heavy atom. The molecule has 1 N–H and O–H groups in total. The lowest BCUT2D eigenvalue weighted by molar-refractivity contribution is -0.127. The number of hydrogen-bond acceptors (Lipinski definition) is 4. The van der Waals surface area contributed by atoms with Crippen molar-refractivity contribution in [3.05, 3.63) is 65.2 Å². The van der Waals surface area contributed by atoms with Gasteiger partial charge in [-0.3, -0.25) is 14.5 Å². The molecule has 3 amide bonds. The van der Waals surface area contributed by atoms with Gasteiger partial charge in [0, 0.05) is 17.5 Å². The Morgan fingerprint density at radius 2 is 1.88 bits per heavy atom. The van der Waals surface area contributed by atoms with E-state index >= 15 is 0 Å². The SMILES string of the molecule is COc1ccc(C(C)=O)cc1CN1C(=O)N[C@@H](Cc2ccccc2)C1=O. The van der Waals surface area contributed by atoms with Crippen LogP contribution < -0.4 is 10.1 Å². The molecule has 0 aromatic heterocycles. The lowest BCUT2D eigenvalue weighted by atomic mass is 10.0. The standard InChI is InChI=1S/C20H20N2O4/c1-13(23)15-8-9-18(26-2)16(11-15)12-22-19(24)17(21-20(22)25)10-14-6-4-3-5-7-14/h3-9,11,17H,10,12H2,1-2H3,(H,21,25)/t17-/m0/s1. The van der Waals surface area contributed by atoms with E-state index in [0.717, 1.165) is 10.5 Å². The second-order valence-corrected chi connectivity index (χ2v) is 6.20. The first kappa shape index (κ1) is 17.7.